The fraction of sp³-hybridized carbons (Fsp3) is 0. The molecule has 0 aliphatic heterocycles. The van der Waals surface area contributed by atoms with Crippen LogP contribution in [0.15, 0.2) is 22.0 Å². The highest BCUT2D eigenvalue weighted by Gasteiger charge is 2.19. The van der Waals surface area contributed by atoms with Crippen molar-refractivity contribution in [1.29, 1.82) is 0 Å². The lowest BCUT2D eigenvalue weighted by molar-refractivity contribution is 0.104. The van der Waals surface area contributed by atoms with Gasteiger partial charge >= 0.3 is 0 Å². The van der Waals surface area contributed by atoms with Gasteiger partial charge in [-0.3, -0.25) is 4.79 Å². The Morgan fingerprint density at radius 1 is 1.40 bits per heavy atom. The van der Waals surface area contributed by atoms with E-state index in [1.54, 1.807) is 6.07 Å². The Kier molecular flexibility index (Phi) is 3.52. The number of thiophene rings is 2. The van der Waals surface area contributed by atoms with Crippen molar-refractivity contribution in [1.82, 2.24) is 0 Å². The van der Waals surface area contributed by atoms with E-state index in [1.807, 2.05) is 11.4 Å². The van der Waals surface area contributed by atoms with E-state index >= 15 is 0 Å². The summed E-state index contributed by atoms with van der Waals surface area (Å²) >= 11 is 17.6. The molecule has 0 aromatic carbocycles. The van der Waals surface area contributed by atoms with Crippen molar-refractivity contribution in [3.63, 3.8) is 0 Å². The van der Waals surface area contributed by atoms with Crippen LogP contribution in [0.25, 0.3) is 0 Å². The number of carbonyl (C=O) groups excluding carboxylic acids is 1. The van der Waals surface area contributed by atoms with Crippen molar-refractivity contribution in [3.05, 3.63) is 41.1 Å². The molecule has 0 atom stereocenters. The minimum absolute atomic E-state index is 0.0926. The van der Waals surface area contributed by atoms with E-state index in [4.69, 9.17) is 23.2 Å². The van der Waals surface area contributed by atoms with Gasteiger partial charge in [-0.2, -0.15) is 0 Å². The first kappa shape index (κ1) is 11.6. The van der Waals surface area contributed by atoms with E-state index in [0.29, 0.717) is 19.1 Å². The molecule has 0 saturated carbocycles. The van der Waals surface area contributed by atoms with E-state index in [9.17, 15) is 4.79 Å². The van der Waals surface area contributed by atoms with Crippen LogP contribution in [0.4, 0.5) is 0 Å². The van der Waals surface area contributed by atoms with Crippen LogP contribution >= 0.6 is 61.8 Å². The summed E-state index contributed by atoms with van der Waals surface area (Å²) < 4.78 is 1.75. The SMILES string of the molecule is O=C(c1cc(Cl)sc1Cl)c1sccc1Br. The molecular formula is C9H3BrCl2OS2. The minimum atomic E-state index is -0.0926. The van der Waals surface area contributed by atoms with E-state index in [-0.39, 0.29) is 5.78 Å². The molecule has 15 heavy (non-hydrogen) atoms. The number of rotatable bonds is 2. The minimum Gasteiger partial charge on any atom is -0.288 e. The van der Waals surface area contributed by atoms with Crippen molar-refractivity contribution < 1.29 is 4.79 Å². The summed E-state index contributed by atoms with van der Waals surface area (Å²) in [6, 6.07) is 3.43. The van der Waals surface area contributed by atoms with E-state index in [0.717, 1.165) is 4.47 Å². The van der Waals surface area contributed by atoms with Crippen LogP contribution in [0.1, 0.15) is 15.2 Å². The maximum absolute atomic E-state index is 12.0. The molecule has 6 heteroatoms. The number of hydrogen-bond acceptors (Lipinski definition) is 3. The van der Waals surface area contributed by atoms with Crippen molar-refractivity contribution in [2.45, 2.75) is 0 Å². The predicted molar refractivity (Wildman–Crippen MR) is 69.8 cm³/mol. The van der Waals surface area contributed by atoms with E-state index < -0.39 is 0 Å². The molecule has 0 amide bonds. The first-order valence-electron chi connectivity index (χ1n) is 3.82. The van der Waals surface area contributed by atoms with Gasteiger partial charge in [0.2, 0.25) is 5.78 Å². The van der Waals surface area contributed by atoms with Gasteiger partial charge in [-0.05, 0) is 33.4 Å². The summed E-state index contributed by atoms with van der Waals surface area (Å²) in [5.74, 6) is -0.0926. The van der Waals surface area contributed by atoms with Crippen LogP contribution in [0, 0.1) is 0 Å². The maximum atomic E-state index is 12.0. The molecule has 0 bridgehead atoms. The molecule has 2 aromatic heterocycles. The molecule has 2 aromatic rings. The van der Waals surface area contributed by atoms with Gasteiger partial charge in [0, 0.05) is 4.47 Å². The third-order valence-corrected chi connectivity index (χ3v) is 5.05. The molecule has 0 spiro atoms. The lowest BCUT2D eigenvalue weighted by atomic mass is 10.2. The zero-order chi connectivity index (χ0) is 11.0. The van der Waals surface area contributed by atoms with Crippen LogP contribution in [0.2, 0.25) is 8.67 Å². The fourth-order valence-corrected chi connectivity index (χ4v) is 4.04. The van der Waals surface area contributed by atoms with Gasteiger partial charge in [0.25, 0.3) is 0 Å². The summed E-state index contributed by atoms with van der Waals surface area (Å²) in [6.07, 6.45) is 0. The van der Waals surface area contributed by atoms with Crippen LogP contribution in [-0.4, -0.2) is 5.78 Å². The Morgan fingerprint density at radius 3 is 2.60 bits per heavy atom. The van der Waals surface area contributed by atoms with Gasteiger partial charge in [0.15, 0.2) is 0 Å². The van der Waals surface area contributed by atoms with Gasteiger partial charge in [-0.1, -0.05) is 23.2 Å². The second-order valence-electron chi connectivity index (χ2n) is 2.66. The van der Waals surface area contributed by atoms with Crippen molar-refractivity contribution in [3.8, 4) is 0 Å². The fourth-order valence-electron chi connectivity index (χ4n) is 1.07. The molecule has 0 aliphatic carbocycles. The van der Waals surface area contributed by atoms with Gasteiger partial charge in [-0.15, -0.1) is 22.7 Å². The van der Waals surface area contributed by atoms with Gasteiger partial charge in [-0.25, -0.2) is 0 Å². The highest BCUT2D eigenvalue weighted by molar-refractivity contribution is 9.10. The molecule has 0 unspecified atom stereocenters. The molecule has 0 radical (unpaired) electrons. The molecular weight excluding hydrogens is 339 g/mol. The van der Waals surface area contributed by atoms with Crippen molar-refractivity contribution in [2.75, 3.05) is 0 Å². The van der Waals surface area contributed by atoms with Gasteiger partial charge in [0.1, 0.15) is 4.34 Å². The second kappa shape index (κ2) is 4.55. The van der Waals surface area contributed by atoms with E-state index in [2.05, 4.69) is 15.9 Å². The highest BCUT2D eigenvalue weighted by Crippen LogP contribution is 2.35. The average molecular weight is 342 g/mol. The van der Waals surface area contributed by atoms with Crippen LogP contribution < -0.4 is 0 Å². The summed E-state index contributed by atoms with van der Waals surface area (Å²) in [4.78, 5) is 12.7. The summed E-state index contributed by atoms with van der Waals surface area (Å²) in [5.41, 5.74) is 0.467. The van der Waals surface area contributed by atoms with Gasteiger partial charge in [0.05, 0.1) is 14.8 Å². The smallest absolute Gasteiger partial charge is 0.206 e. The topological polar surface area (TPSA) is 17.1 Å². The third-order valence-electron chi connectivity index (χ3n) is 1.72. The molecule has 0 saturated heterocycles. The van der Waals surface area contributed by atoms with Crippen LogP contribution in [0.5, 0.6) is 0 Å². The second-order valence-corrected chi connectivity index (χ2v) is 6.72. The quantitative estimate of drug-likeness (QED) is 0.693. The number of halogens is 3. The Labute approximate surface area is 113 Å². The molecule has 0 N–H and O–H groups in total. The molecule has 2 rings (SSSR count). The largest absolute Gasteiger partial charge is 0.288 e. The first-order valence-corrected chi connectivity index (χ1v) is 7.06. The lowest BCUT2D eigenvalue weighted by Crippen LogP contribution is -1.97. The average Bonchev–Trinajstić information content (AvgIpc) is 2.71. The predicted octanol–water partition coefficient (Wildman–Crippen LogP) is 5.11. The Balaban J connectivity index is 2.45. The van der Waals surface area contributed by atoms with Crippen LogP contribution in [-0.2, 0) is 0 Å². The number of carbonyl (C=O) groups is 1. The maximum Gasteiger partial charge on any atom is 0.206 e. The lowest BCUT2D eigenvalue weighted by Gasteiger charge is -1.95. The number of hydrogen-bond donors (Lipinski definition) is 0. The zero-order valence-electron chi connectivity index (χ0n) is 7.09. The first-order chi connectivity index (χ1) is 7.09. The number of ketones is 1. The monoisotopic (exact) mass is 340 g/mol. The molecule has 1 nitrogen and oxygen atoms in total. The van der Waals surface area contributed by atoms with Gasteiger partial charge < -0.3 is 0 Å². The summed E-state index contributed by atoms with van der Waals surface area (Å²) in [5, 5.41) is 1.85. The summed E-state index contributed by atoms with van der Waals surface area (Å²) in [6.45, 7) is 0. The molecule has 2 heterocycles. The normalized spacial score (nSPS) is 10.6. The van der Waals surface area contributed by atoms with E-state index in [1.165, 1.54) is 22.7 Å². The Hall–Kier alpha value is 0.130. The zero-order valence-corrected chi connectivity index (χ0v) is 11.8. The molecule has 78 valence electrons. The standard InChI is InChI=1S/C9H3BrCl2OS2/c10-5-1-2-14-8(5)7(13)4-3-6(11)15-9(4)12/h1-3H. The molecule has 0 aliphatic rings. The summed E-state index contributed by atoms with van der Waals surface area (Å²) in [7, 11) is 0. The van der Waals surface area contributed by atoms with Crippen molar-refractivity contribution >= 4 is 67.6 Å². The van der Waals surface area contributed by atoms with Crippen LogP contribution in [0.3, 0.4) is 0 Å². The highest BCUT2D eigenvalue weighted by atomic mass is 79.9. The molecule has 0 fully saturated rings. The Bertz CT molecular complexity index is 518. The third kappa shape index (κ3) is 2.29. The van der Waals surface area contributed by atoms with Crippen molar-refractivity contribution in [2.24, 2.45) is 0 Å². The Morgan fingerprint density at radius 2 is 2.13 bits per heavy atom.